The first-order chi connectivity index (χ1) is 14.9. The van der Waals surface area contributed by atoms with E-state index in [1.807, 2.05) is 32.0 Å². The Kier molecular flexibility index (Phi) is 8.70. The number of carbonyl (C=O) groups is 3. The summed E-state index contributed by atoms with van der Waals surface area (Å²) in [4.78, 5) is 40.3. The van der Waals surface area contributed by atoms with Crippen molar-refractivity contribution in [3.8, 4) is 0 Å². The van der Waals surface area contributed by atoms with Gasteiger partial charge in [-0.3, -0.25) is 9.59 Å². The van der Waals surface area contributed by atoms with Crippen LogP contribution in [0.3, 0.4) is 0 Å². The number of likely N-dealkylation sites (N-methyl/N-ethyl adjacent to an activating group) is 1. The van der Waals surface area contributed by atoms with Gasteiger partial charge < -0.3 is 20.3 Å². The first-order valence-electron chi connectivity index (χ1n) is 11.5. The summed E-state index contributed by atoms with van der Waals surface area (Å²) < 4.78 is 5.27. The summed E-state index contributed by atoms with van der Waals surface area (Å²) in [6, 6.07) is 4.34. The molecule has 1 aliphatic carbocycles. The summed E-state index contributed by atoms with van der Waals surface area (Å²) in [5, 5.41) is 5.76. The van der Waals surface area contributed by atoms with Crippen molar-refractivity contribution in [1.82, 2.24) is 15.5 Å². The average Bonchev–Trinajstić information content (AvgIpc) is 2.68. The Morgan fingerprint density at radius 3 is 2.16 bits per heavy atom. The van der Waals surface area contributed by atoms with Crippen molar-refractivity contribution in [1.29, 1.82) is 0 Å². The fourth-order valence-electron chi connectivity index (χ4n) is 4.27. The zero-order valence-corrected chi connectivity index (χ0v) is 20.6. The van der Waals surface area contributed by atoms with E-state index in [1.54, 1.807) is 34.7 Å². The summed E-state index contributed by atoms with van der Waals surface area (Å²) in [6.07, 6.45) is 4.65. The molecule has 178 valence electrons. The topological polar surface area (TPSA) is 87.7 Å². The van der Waals surface area contributed by atoms with Crippen LogP contribution in [-0.4, -0.2) is 47.5 Å². The second-order valence-electron chi connectivity index (χ2n) is 9.87. The Morgan fingerprint density at radius 1 is 1.06 bits per heavy atom. The minimum absolute atomic E-state index is 0.129. The maximum absolute atomic E-state index is 13.5. The highest BCUT2D eigenvalue weighted by atomic mass is 16.6. The fourth-order valence-corrected chi connectivity index (χ4v) is 4.27. The number of rotatable bonds is 6. The van der Waals surface area contributed by atoms with E-state index in [-0.39, 0.29) is 17.9 Å². The van der Waals surface area contributed by atoms with Gasteiger partial charge in [0.1, 0.15) is 17.7 Å². The number of nitrogens with zero attached hydrogens (tertiary/aromatic N) is 1. The van der Waals surface area contributed by atoms with E-state index in [0.717, 1.165) is 42.4 Å². The lowest BCUT2D eigenvalue weighted by atomic mass is 9.92. The maximum Gasteiger partial charge on any atom is 0.408 e. The molecule has 0 aliphatic heterocycles. The molecule has 7 nitrogen and oxygen atoms in total. The Morgan fingerprint density at radius 2 is 1.62 bits per heavy atom. The highest BCUT2D eigenvalue weighted by Gasteiger charge is 2.34. The van der Waals surface area contributed by atoms with Crippen LogP contribution in [0.2, 0.25) is 0 Å². The van der Waals surface area contributed by atoms with Crippen molar-refractivity contribution < 1.29 is 19.1 Å². The number of ether oxygens (including phenoxy) is 1. The minimum atomic E-state index is -0.843. The van der Waals surface area contributed by atoms with Crippen molar-refractivity contribution in [2.24, 2.45) is 0 Å². The molecule has 2 unspecified atom stereocenters. The Hall–Kier alpha value is -2.57. The molecular weight excluding hydrogens is 406 g/mol. The Balaban J connectivity index is 2.26. The van der Waals surface area contributed by atoms with Gasteiger partial charge in [-0.15, -0.1) is 0 Å². The average molecular weight is 446 g/mol. The van der Waals surface area contributed by atoms with Gasteiger partial charge in [0.05, 0.1) is 0 Å². The normalized spacial score (nSPS) is 16.6. The summed E-state index contributed by atoms with van der Waals surface area (Å²) >= 11 is 0. The van der Waals surface area contributed by atoms with Crippen LogP contribution < -0.4 is 10.6 Å². The SMILES string of the molecule is Cc1cccc(C)c1C(C(=O)NC1CCCCC1)N(C)C(=O)C(C)NC(=O)OC(C)(C)C. The van der Waals surface area contributed by atoms with Gasteiger partial charge in [-0.25, -0.2) is 4.79 Å². The van der Waals surface area contributed by atoms with Crippen LogP contribution >= 0.6 is 0 Å². The van der Waals surface area contributed by atoms with E-state index >= 15 is 0 Å². The van der Waals surface area contributed by atoms with E-state index in [0.29, 0.717) is 0 Å². The van der Waals surface area contributed by atoms with Crippen molar-refractivity contribution in [2.45, 2.75) is 97.4 Å². The van der Waals surface area contributed by atoms with E-state index in [2.05, 4.69) is 10.6 Å². The van der Waals surface area contributed by atoms with Crippen LogP contribution in [-0.2, 0) is 14.3 Å². The number of nitrogens with one attached hydrogen (secondary N) is 2. The van der Waals surface area contributed by atoms with Gasteiger partial charge in [-0.05, 0) is 71.1 Å². The van der Waals surface area contributed by atoms with E-state index in [1.165, 1.54) is 11.3 Å². The number of hydrogen-bond donors (Lipinski definition) is 2. The molecule has 2 rings (SSSR count). The van der Waals surface area contributed by atoms with Crippen LogP contribution in [0.4, 0.5) is 4.79 Å². The summed E-state index contributed by atoms with van der Waals surface area (Å²) in [7, 11) is 1.62. The van der Waals surface area contributed by atoms with Gasteiger partial charge in [0.15, 0.2) is 0 Å². The third-order valence-electron chi connectivity index (χ3n) is 5.85. The molecule has 1 aromatic rings. The number of amides is 3. The summed E-state index contributed by atoms with van der Waals surface area (Å²) in [5.74, 6) is -0.545. The number of benzene rings is 1. The van der Waals surface area contributed by atoms with Crippen LogP contribution in [0, 0.1) is 13.8 Å². The Bertz CT molecular complexity index is 805. The van der Waals surface area contributed by atoms with Crippen LogP contribution in [0.5, 0.6) is 0 Å². The predicted octanol–water partition coefficient (Wildman–Crippen LogP) is 4.17. The zero-order valence-electron chi connectivity index (χ0n) is 20.6. The first-order valence-corrected chi connectivity index (χ1v) is 11.5. The molecule has 0 radical (unpaired) electrons. The van der Waals surface area contributed by atoms with Gasteiger partial charge in [-0.2, -0.15) is 0 Å². The van der Waals surface area contributed by atoms with Crippen molar-refractivity contribution in [3.63, 3.8) is 0 Å². The molecule has 0 spiro atoms. The standard InChI is InChI=1S/C25H39N3O4/c1-16-12-11-13-17(2)20(16)21(22(29)27-19-14-9-8-10-15-19)28(7)23(30)18(3)26-24(31)32-25(4,5)6/h11-13,18-19,21H,8-10,14-15H2,1-7H3,(H,26,31)(H,27,29). The molecule has 32 heavy (non-hydrogen) atoms. The number of aryl methyl sites for hydroxylation is 2. The highest BCUT2D eigenvalue weighted by Crippen LogP contribution is 2.28. The number of hydrogen-bond acceptors (Lipinski definition) is 4. The molecule has 1 aromatic carbocycles. The predicted molar refractivity (Wildman–Crippen MR) is 125 cm³/mol. The quantitative estimate of drug-likeness (QED) is 0.688. The number of carbonyl (C=O) groups excluding carboxylic acids is 3. The fraction of sp³-hybridized carbons (Fsp3) is 0.640. The van der Waals surface area contributed by atoms with Crippen molar-refractivity contribution in [2.75, 3.05) is 7.05 Å². The molecule has 0 bridgehead atoms. The molecule has 2 N–H and O–H groups in total. The summed E-state index contributed by atoms with van der Waals surface area (Å²) in [5.41, 5.74) is 2.04. The second kappa shape index (κ2) is 10.8. The minimum Gasteiger partial charge on any atom is -0.444 e. The van der Waals surface area contributed by atoms with Crippen molar-refractivity contribution >= 4 is 17.9 Å². The molecule has 7 heteroatoms. The molecule has 0 heterocycles. The van der Waals surface area contributed by atoms with Gasteiger partial charge in [0.25, 0.3) is 0 Å². The lowest BCUT2D eigenvalue weighted by molar-refractivity contribution is -0.140. The molecule has 1 aliphatic rings. The summed E-state index contributed by atoms with van der Waals surface area (Å²) in [6.45, 7) is 10.8. The van der Waals surface area contributed by atoms with Gasteiger partial charge in [-0.1, -0.05) is 37.5 Å². The molecule has 0 saturated heterocycles. The second-order valence-corrected chi connectivity index (χ2v) is 9.87. The zero-order chi connectivity index (χ0) is 24.1. The van der Waals surface area contributed by atoms with Gasteiger partial charge in [0.2, 0.25) is 11.8 Å². The largest absolute Gasteiger partial charge is 0.444 e. The molecule has 2 atom stereocenters. The third kappa shape index (κ3) is 6.97. The molecule has 0 aromatic heterocycles. The first kappa shape index (κ1) is 25.7. The van der Waals surface area contributed by atoms with Gasteiger partial charge in [0, 0.05) is 13.1 Å². The van der Waals surface area contributed by atoms with E-state index in [9.17, 15) is 14.4 Å². The van der Waals surface area contributed by atoms with E-state index in [4.69, 9.17) is 4.74 Å². The molecule has 3 amide bonds. The van der Waals surface area contributed by atoms with Crippen LogP contribution in [0.1, 0.15) is 82.5 Å². The van der Waals surface area contributed by atoms with Gasteiger partial charge >= 0.3 is 6.09 Å². The number of alkyl carbamates (subject to hydrolysis) is 1. The smallest absolute Gasteiger partial charge is 0.408 e. The lowest BCUT2D eigenvalue weighted by Gasteiger charge is -2.34. The monoisotopic (exact) mass is 445 g/mol. The van der Waals surface area contributed by atoms with Crippen molar-refractivity contribution in [3.05, 3.63) is 34.9 Å². The molecule has 1 saturated carbocycles. The highest BCUT2D eigenvalue weighted by molar-refractivity contribution is 5.92. The van der Waals surface area contributed by atoms with Crippen LogP contribution in [0.15, 0.2) is 18.2 Å². The van der Waals surface area contributed by atoms with Crippen LogP contribution in [0.25, 0.3) is 0 Å². The lowest BCUT2D eigenvalue weighted by Crippen LogP contribution is -2.51. The molecule has 1 fully saturated rings. The molecular formula is C25H39N3O4. The Labute approximate surface area is 192 Å². The maximum atomic E-state index is 13.5. The third-order valence-corrected chi connectivity index (χ3v) is 5.85. The van der Waals surface area contributed by atoms with E-state index < -0.39 is 23.8 Å².